The first kappa shape index (κ1) is 16.1. The summed E-state index contributed by atoms with van der Waals surface area (Å²) in [5.41, 5.74) is 5.07. The Balaban J connectivity index is 1.70. The van der Waals surface area contributed by atoms with Crippen LogP contribution in [-0.4, -0.2) is 17.6 Å². The predicted molar refractivity (Wildman–Crippen MR) is 97.2 cm³/mol. The van der Waals surface area contributed by atoms with E-state index in [2.05, 4.69) is 16.7 Å². The number of fused-ring (bicyclic) bond motifs is 1. The van der Waals surface area contributed by atoms with Crippen LogP contribution < -0.4 is 10.6 Å². The maximum Gasteiger partial charge on any atom is 0.251 e. The highest BCUT2D eigenvalue weighted by Crippen LogP contribution is 2.32. The lowest BCUT2D eigenvalue weighted by Gasteiger charge is -2.15. The standard InChI is InChI=1S/C20H22N2O2/c1-2-21-17-7-4-15(5-8-17)20(24)22-19-10-6-16-13-14(11-12-23)3-9-18(16)19/h3-5,7-9,11-13,19,21,23H,2,6,10H2,1H3,(H,22,24)/b12-11+. The van der Waals surface area contributed by atoms with E-state index in [0.29, 0.717) is 5.56 Å². The average molecular weight is 322 g/mol. The van der Waals surface area contributed by atoms with E-state index >= 15 is 0 Å². The summed E-state index contributed by atoms with van der Waals surface area (Å²) in [5.74, 6) is -0.0461. The van der Waals surface area contributed by atoms with E-state index in [1.807, 2.05) is 43.3 Å². The Morgan fingerprint density at radius 3 is 2.75 bits per heavy atom. The van der Waals surface area contributed by atoms with Gasteiger partial charge in [-0.3, -0.25) is 4.79 Å². The molecule has 24 heavy (non-hydrogen) atoms. The maximum atomic E-state index is 12.5. The summed E-state index contributed by atoms with van der Waals surface area (Å²) in [4.78, 5) is 12.5. The van der Waals surface area contributed by atoms with Gasteiger partial charge in [-0.1, -0.05) is 18.2 Å². The lowest BCUT2D eigenvalue weighted by atomic mass is 10.0. The van der Waals surface area contributed by atoms with Crippen LogP contribution >= 0.6 is 0 Å². The minimum atomic E-state index is -0.0461. The molecule has 0 heterocycles. The Bertz CT molecular complexity index is 751. The third-order valence-electron chi connectivity index (χ3n) is 4.35. The number of aliphatic hydroxyl groups is 1. The third-order valence-corrected chi connectivity index (χ3v) is 4.35. The van der Waals surface area contributed by atoms with Crippen LogP contribution in [0.4, 0.5) is 5.69 Å². The first-order valence-electron chi connectivity index (χ1n) is 8.29. The van der Waals surface area contributed by atoms with Gasteiger partial charge in [-0.15, -0.1) is 0 Å². The first-order valence-corrected chi connectivity index (χ1v) is 8.29. The van der Waals surface area contributed by atoms with Gasteiger partial charge < -0.3 is 15.7 Å². The molecule has 4 heteroatoms. The number of aliphatic hydroxyl groups excluding tert-OH is 1. The lowest BCUT2D eigenvalue weighted by Crippen LogP contribution is -2.27. The van der Waals surface area contributed by atoms with Gasteiger partial charge in [0.1, 0.15) is 0 Å². The van der Waals surface area contributed by atoms with Gasteiger partial charge in [-0.05, 0) is 66.8 Å². The summed E-state index contributed by atoms with van der Waals surface area (Å²) in [6, 6.07) is 13.7. The molecule has 0 saturated carbocycles. The molecule has 0 fully saturated rings. The highest BCUT2D eigenvalue weighted by atomic mass is 16.2. The molecule has 2 aromatic rings. The molecular weight excluding hydrogens is 300 g/mol. The number of aryl methyl sites for hydroxylation is 1. The molecule has 0 aromatic heterocycles. The second-order valence-electron chi connectivity index (χ2n) is 5.95. The zero-order valence-corrected chi connectivity index (χ0v) is 13.8. The van der Waals surface area contributed by atoms with Crippen molar-refractivity contribution in [3.05, 3.63) is 71.0 Å². The van der Waals surface area contributed by atoms with Crippen molar-refractivity contribution in [3.63, 3.8) is 0 Å². The Labute approximate surface area is 142 Å². The molecule has 0 bridgehead atoms. The van der Waals surface area contributed by atoms with Gasteiger partial charge in [0.2, 0.25) is 0 Å². The van der Waals surface area contributed by atoms with Crippen molar-refractivity contribution in [3.8, 4) is 0 Å². The van der Waals surface area contributed by atoms with E-state index in [4.69, 9.17) is 5.11 Å². The number of rotatable bonds is 5. The van der Waals surface area contributed by atoms with Crippen LogP contribution in [0.2, 0.25) is 0 Å². The summed E-state index contributed by atoms with van der Waals surface area (Å²) < 4.78 is 0. The molecule has 4 nitrogen and oxygen atoms in total. The molecule has 0 saturated heterocycles. The van der Waals surface area contributed by atoms with Gasteiger partial charge in [-0.25, -0.2) is 0 Å². The van der Waals surface area contributed by atoms with Gasteiger partial charge in [0.15, 0.2) is 0 Å². The molecule has 1 atom stereocenters. The minimum absolute atomic E-state index is 0.0461. The zero-order chi connectivity index (χ0) is 16.9. The molecule has 3 N–H and O–H groups in total. The molecule has 0 radical (unpaired) electrons. The normalized spacial score (nSPS) is 16.1. The Hall–Kier alpha value is -2.75. The molecule has 1 amide bonds. The number of anilines is 1. The van der Waals surface area contributed by atoms with Crippen LogP contribution in [0.1, 0.15) is 46.4 Å². The van der Waals surface area contributed by atoms with Crippen molar-refractivity contribution in [1.29, 1.82) is 0 Å². The number of hydrogen-bond acceptors (Lipinski definition) is 3. The van der Waals surface area contributed by atoms with E-state index in [1.54, 1.807) is 6.08 Å². The van der Waals surface area contributed by atoms with Gasteiger partial charge in [-0.2, -0.15) is 0 Å². The summed E-state index contributed by atoms with van der Waals surface area (Å²) in [7, 11) is 0. The Morgan fingerprint density at radius 2 is 2.04 bits per heavy atom. The largest absolute Gasteiger partial charge is 0.516 e. The Morgan fingerprint density at radius 1 is 1.25 bits per heavy atom. The molecule has 1 aliphatic carbocycles. The van der Waals surface area contributed by atoms with E-state index in [-0.39, 0.29) is 11.9 Å². The summed E-state index contributed by atoms with van der Waals surface area (Å²) in [6.07, 6.45) is 4.56. The molecule has 0 aliphatic heterocycles. The van der Waals surface area contributed by atoms with Crippen molar-refractivity contribution in [2.75, 3.05) is 11.9 Å². The minimum Gasteiger partial charge on any atom is -0.516 e. The van der Waals surface area contributed by atoms with Gasteiger partial charge >= 0.3 is 0 Å². The van der Waals surface area contributed by atoms with Crippen molar-refractivity contribution >= 4 is 17.7 Å². The zero-order valence-electron chi connectivity index (χ0n) is 13.8. The quantitative estimate of drug-likeness (QED) is 0.727. The topological polar surface area (TPSA) is 61.4 Å². The number of nitrogens with one attached hydrogen (secondary N) is 2. The molecule has 2 aromatic carbocycles. The molecule has 0 spiro atoms. The molecule has 124 valence electrons. The van der Waals surface area contributed by atoms with Crippen molar-refractivity contribution in [2.24, 2.45) is 0 Å². The van der Waals surface area contributed by atoms with Crippen LogP contribution in [0.15, 0.2) is 48.7 Å². The second-order valence-corrected chi connectivity index (χ2v) is 5.95. The lowest BCUT2D eigenvalue weighted by molar-refractivity contribution is 0.0937. The summed E-state index contributed by atoms with van der Waals surface area (Å²) in [6.45, 7) is 2.90. The summed E-state index contributed by atoms with van der Waals surface area (Å²) >= 11 is 0. The molecule has 1 aliphatic rings. The number of carbonyl (C=O) groups is 1. The molecule has 1 unspecified atom stereocenters. The fraction of sp³-hybridized carbons (Fsp3) is 0.250. The van der Waals surface area contributed by atoms with Gasteiger partial charge in [0.25, 0.3) is 5.91 Å². The fourth-order valence-electron chi connectivity index (χ4n) is 3.16. The van der Waals surface area contributed by atoms with E-state index in [9.17, 15) is 4.79 Å². The number of benzene rings is 2. The van der Waals surface area contributed by atoms with E-state index in [1.165, 1.54) is 11.1 Å². The number of carbonyl (C=O) groups excluding carboxylic acids is 1. The van der Waals surface area contributed by atoms with Crippen molar-refractivity contribution in [1.82, 2.24) is 5.32 Å². The first-order chi connectivity index (χ1) is 11.7. The van der Waals surface area contributed by atoms with Crippen LogP contribution in [0.25, 0.3) is 6.08 Å². The third kappa shape index (κ3) is 3.43. The monoisotopic (exact) mass is 322 g/mol. The van der Waals surface area contributed by atoms with Crippen molar-refractivity contribution in [2.45, 2.75) is 25.8 Å². The van der Waals surface area contributed by atoms with E-state index in [0.717, 1.165) is 36.9 Å². The SMILES string of the molecule is CCNc1ccc(C(=O)NC2CCc3cc(/C=C/O)ccc32)cc1. The molecular formula is C20H22N2O2. The smallest absolute Gasteiger partial charge is 0.251 e. The number of hydrogen-bond donors (Lipinski definition) is 3. The van der Waals surface area contributed by atoms with Crippen LogP contribution in [-0.2, 0) is 6.42 Å². The van der Waals surface area contributed by atoms with Crippen LogP contribution in [0.3, 0.4) is 0 Å². The Kier molecular flexibility index (Phi) is 4.85. The predicted octanol–water partition coefficient (Wildman–Crippen LogP) is 4.06. The van der Waals surface area contributed by atoms with Gasteiger partial charge in [0.05, 0.1) is 12.3 Å². The van der Waals surface area contributed by atoms with Crippen LogP contribution in [0, 0.1) is 0 Å². The average Bonchev–Trinajstić information content (AvgIpc) is 2.98. The maximum absolute atomic E-state index is 12.5. The van der Waals surface area contributed by atoms with Crippen LogP contribution in [0.5, 0.6) is 0 Å². The molecule has 3 rings (SSSR count). The summed E-state index contributed by atoms with van der Waals surface area (Å²) in [5, 5.41) is 15.2. The fourth-order valence-corrected chi connectivity index (χ4v) is 3.16. The highest BCUT2D eigenvalue weighted by Gasteiger charge is 2.24. The number of amides is 1. The second kappa shape index (κ2) is 7.21. The highest BCUT2D eigenvalue weighted by molar-refractivity contribution is 5.94. The van der Waals surface area contributed by atoms with E-state index < -0.39 is 0 Å². The van der Waals surface area contributed by atoms with Crippen molar-refractivity contribution < 1.29 is 9.90 Å². The van der Waals surface area contributed by atoms with Gasteiger partial charge in [0, 0.05) is 17.8 Å².